The zero-order valence-corrected chi connectivity index (χ0v) is 19.7. The number of carbonyl (C=O) groups excluding carboxylic acids is 1. The number of benzene rings is 2. The summed E-state index contributed by atoms with van der Waals surface area (Å²) in [6.07, 6.45) is 1.62. The Hall–Kier alpha value is -2.26. The Morgan fingerprint density at radius 2 is 1.93 bits per heavy atom. The number of anilines is 1. The second-order valence-corrected chi connectivity index (χ2v) is 10.7. The van der Waals surface area contributed by atoms with Crippen LogP contribution in [0.3, 0.4) is 0 Å². The summed E-state index contributed by atoms with van der Waals surface area (Å²) in [6, 6.07) is 11.9. The molecule has 9 heteroatoms. The summed E-state index contributed by atoms with van der Waals surface area (Å²) in [6.45, 7) is 3.57. The van der Waals surface area contributed by atoms with Crippen molar-refractivity contribution < 1.29 is 22.7 Å². The molecule has 1 unspecified atom stereocenters. The number of hydrogen-bond donors (Lipinski definition) is 1. The lowest BCUT2D eigenvalue weighted by atomic mass is 9.89. The molecule has 0 aliphatic carbocycles. The Balaban J connectivity index is 1.84. The minimum Gasteiger partial charge on any atom is -0.497 e. The number of nitrogens with zero attached hydrogens (tertiary/aromatic N) is 1. The van der Waals surface area contributed by atoms with E-state index in [1.54, 1.807) is 37.4 Å². The van der Waals surface area contributed by atoms with Crippen LogP contribution in [0.2, 0.25) is 0 Å². The van der Waals surface area contributed by atoms with Gasteiger partial charge in [0.25, 0.3) is 0 Å². The summed E-state index contributed by atoms with van der Waals surface area (Å²) in [7, 11) is -2.07. The van der Waals surface area contributed by atoms with Crippen molar-refractivity contribution in [3.05, 3.63) is 52.5 Å². The molecule has 7 nitrogen and oxygen atoms in total. The van der Waals surface area contributed by atoms with Gasteiger partial charge in [-0.3, -0.25) is 9.10 Å². The molecule has 2 aromatic carbocycles. The average molecular weight is 497 g/mol. The number of sulfonamides is 1. The molecule has 30 heavy (non-hydrogen) atoms. The number of halogens is 1. The second-order valence-electron chi connectivity index (χ2n) is 7.84. The summed E-state index contributed by atoms with van der Waals surface area (Å²) >= 11 is 3.33. The summed E-state index contributed by atoms with van der Waals surface area (Å²) in [5, 5.41) is 2.98. The Morgan fingerprint density at radius 3 is 2.53 bits per heavy atom. The number of carbonyl (C=O) groups is 1. The van der Waals surface area contributed by atoms with Crippen LogP contribution in [0.25, 0.3) is 0 Å². The minimum absolute atomic E-state index is 0.322. The van der Waals surface area contributed by atoms with Crippen LogP contribution in [0, 0.1) is 0 Å². The van der Waals surface area contributed by atoms with Crippen molar-refractivity contribution in [2.24, 2.45) is 0 Å². The summed E-state index contributed by atoms with van der Waals surface area (Å²) < 4.78 is 37.9. The van der Waals surface area contributed by atoms with E-state index in [1.807, 2.05) is 26.0 Å². The topological polar surface area (TPSA) is 84.9 Å². The molecule has 2 aromatic rings. The Morgan fingerprint density at radius 1 is 1.27 bits per heavy atom. The fourth-order valence-electron chi connectivity index (χ4n) is 3.47. The average Bonchev–Trinajstić information content (AvgIpc) is 2.65. The molecule has 1 amide bonds. The van der Waals surface area contributed by atoms with Crippen LogP contribution in [-0.2, 0) is 14.8 Å². The predicted octanol–water partition coefficient (Wildman–Crippen LogP) is 3.64. The predicted molar refractivity (Wildman–Crippen MR) is 120 cm³/mol. The van der Waals surface area contributed by atoms with E-state index in [1.165, 1.54) is 0 Å². The smallest absolute Gasteiger partial charge is 0.241 e. The van der Waals surface area contributed by atoms with Crippen LogP contribution in [0.5, 0.6) is 11.5 Å². The molecule has 1 aliphatic heterocycles. The molecule has 1 atom stereocenters. The molecule has 0 saturated carbocycles. The van der Waals surface area contributed by atoms with Crippen molar-refractivity contribution in [3.63, 3.8) is 0 Å². The van der Waals surface area contributed by atoms with E-state index < -0.39 is 21.5 Å². The van der Waals surface area contributed by atoms with Crippen LogP contribution >= 0.6 is 15.9 Å². The largest absolute Gasteiger partial charge is 0.497 e. The minimum atomic E-state index is -3.65. The van der Waals surface area contributed by atoms with Gasteiger partial charge in [0, 0.05) is 16.5 Å². The Labute approximate surface area is 185 Å². The monoisotopic (exact) mass is 496 g/mol. The van der Waals surface area contributed by atoms with Gasteiger partial charge in [0.05, 0.1) is 25.1 Å². The third-order valence-electron chi connectivity index (χ3n) is 4.81. The van der Waals surface area contributed by atoms with Gasteiger partial charge in [-0.15, -0.1) is 0 Å². The van der Waals surface area contributed by atoms with Crippen LogP contribution in [0.15, 0.2) is 46.9 Å². The zero-order chi connectivity index (χ0) is 22.1. The quantitative estimate of drug-likeness (QED) is 0.659. The first-order valence-corrected chi connectivity index (χ1v) is 12.0. The van der Waals surface area contributed by atoms with Gasteiger partial charge in [-0.2, -0.15) is 0 Å². The highest BCUT2D eigenvalue weighted by atomic mass is 79.9. The lowest BCUT2D eigenvalue weighted by Gasteiger charge is -2.38. The highest BCUT2D eigenvalue weighted by Crippen LogP contribution is 2.41. The molecule has 0 aromatic heterocycles. The van der Waals surface area contributed by atoms with E-state index in [-0.39, 0.29) is 12.6 Å². The maximum absolute atomic E-state index is 12.9. The Bertz CT molecular complexity index is 1040. The van der Waals surface area contributed by atoms with Crippen molar-refractivity contribution in [3.8, 4) is 11.5 Å². The summed E-state index contributed by atoms with van der Waals surface area (Å²) in [4.78, 5) is 12.9. The SMILES string of the molecule is COc1ccc2c(c1)C(NC(=O)CN(c1ccc(Br)cc1)S(C)(=O)=O)CC(C)(C)O2. The van der Waals surface area contributed by atoms with Crippen LogP contribution in [0.1, 0.15) is 31.9 Å². The van der Waals surface area contributed by atoms with Gasteiger partial charge < -0.3 is 14.8 Å². The number of ether oxygens (including phenoxy) is 2. The molecule has 0 saturated heterocycles. The summed E-state index contributed by atoms with van der Waals surface area (Å²) in [5.41, 5.74) is 0.740. The summed E-state index contributed by atoms with van der Waals surface area (Å²) in [5.74, 6) is 0.925. The van der Waals surface area contributed by atoms with Gasteiger partial charge in [0.2, 0.25) is 15.9 Å². The van der Waals surface area contributed by atoms with Crippen LogP contribution in [-0.4, -0.2) is 39.8 Å². The van der Waals surface area contributed by atoms with E-state index in [0.29, 0.717) is 23.6 Å². The van der Waals surface area contributed by atoms with E-state index in [2.05, 4.69) is 21.2 Å². The van der Waals surface area contributed by atoms with Crippen molar-refractivity contribution >= 4 is 37.5 Å². The van der Waals surface area contributed by atoms with Crippen molar-refractivity contribution in [1.82, 2.24) is 5.32 Å². The fourth-order valence-corrected chi connectivity index (χ4v) is 4.59. The highest BCUT2D eigenvalue weighted by Gasteiger charge is 2.35. The van der Waals surface area contributed by atoms with E-state index in [0.717, 1.165) is 20.6 Å². The number of amides is 1. The first-order valence-electron chi connectivity index (χ1n) is 9.38. The van der Waals surface area contributed by atoms with E-state index >= 15 is 0 Å². The highest BCUT2D eigenvalue weighted by molar-refractivity contribution is 9.10. The molecule has 0 radical (unpaired) electrons. The van der Waals surface area contributed by atoms with Crippen molar-refractivity contribution in [2.75, 3.05) is 24.2 Å². The lowest BCUT2D eigenvalue weighted by molar-refractivity contribution is -0.120. The number of rotatable bonds is 6. The molecule has 3 rings (SSSR count). The molecule has 1 heterocycles. The zero-order valence-electron chi connectivity index (χ0n) is 17.3. The fraction of sp³-hybridized carbons (Fsp3) is 0.381. The van der Waals surface area contributed by atoms with E-state index in [4.69, 9.17) is 9.47 Å². The molecular formula is C21H25BrN2O5S. The third-order valence-corrected chi connectivity index (χ3v) is 6.48. The lowest BCUT2D eigenvalue weighted by Crippen LogP contribution is -2.45. The first kappa shape index (κ1) is 22.4. The van der Waals surface area contributed by atoms with Gasteiger partial charge in [-0.1, -0.05) is 15.9 Å². The first-order chi connectivity index (χ1) is 14.0. The Kier molecular flexibility index (Phi) is 6.33. The molecule has 162 valence electrons. The third kappa shape index (κ3) is 5.26. The number of nitrogens with one attached hydrogen (secondary N) is 1. The van der Waals surface area contributed by atoms with Gasteiger partial charge >= 0.3 is 0 Å². The van der Waals surface area contributed by atoms with Crippen LogP contribution < -0.4 is 19.1 Å². The second kappa shape index (κ2) is 8.47. The van der Waals surface area contributed by atoms with Gasteiger partial charge in [-0.05, 0) is 56.3 Å². The molecular weight excluding hydrogens is 472 g/mol. The maximum Gasteiger partial charge on any atom is 0.241 e. The molecule has 1 N–H and O–H groups in total. The number of fused-ring (bicyclic) bond motifs is 1. The number of methoxy groups -OCH3 is 1. The van der Waals surface area contributed by atoms with Gasteiger partial charge in [-0.25, -0.2) is 8.42 Å². The molecule has 0 fully saturated rings. The van der Waals surface area contributed by atoms with E-state index in [9.17, 15) is 13.2 Å². The van der Waals surface area contributed by atoms with Gasteiger partial charge in [0.15, 0.2) is 0 Å². The standard InChI is InChI=1S/C21H25BrN2O5S/c1-21(2)12-18(17-11-16(28-3)9-10-19(17)29-21)23-20(25)13-24(30(4,26)27)15-7-5-14(22)6-8-15/h5-11,18H,12-13H2,1-4H3,(H,23,25). The molecule has 0 bridgehead atoms. The maximum atomic E-state index is 12.9. The molecule has 0 spiro atoms. The van der Waals surface area contributed by atoms with Crippen LogP contribution in [0.4, 0.5) is 5.69 Å². The molecule has 1 aliphatic rings. The van der Waals surface area contributed by atoms with Gasteiger partial charge in [0.1, 0.15) is 23.6 Å². The normalized spacial score (nSPS) is 17.4. The van der Waals surface area contributed by atoms with Crippen molar-refractivity contribution in [2.45, 2.75) is 31.9 Å². The number of hydrogen-bond acceptors (Lipinski definition) is 5. The van der Waals surface area contributed by atoms with Crippen molar-refractivity contribution in [1.29, 1.82) is 0 Å².